The second-order valence-electron chi connectivity index (χ2n) is 7.21. The number of carbonyl (C=O) groups excluding carboxylic acids is 1. The minimum absolute atomic E-state index is 0.0931. The number of nitrogens with one attached hydrogen (secondary N) is 1. The highest BCUT2D eigenvalue weighted by atomic mass is 32.2. The third kappa shape index (κ3) is 6.80. The second-order valence-corrected chi connectivity index (χ2v) is 8.69. The number of halogens is 4. The molecule has 0 aliphatic carbocycles. The smallest absolute Gasteiger partial charge is 0.416 e. The van der Waals surface area contributed by atoms with Gasteiger partial charge in [-0.3, -0.25) is 4.79 Å². The lowest BCUT2D eigenvalue weighted by Crippen LogP contribution is -2.40. The van der Waals surface area contributed by atoms with Crippen molar-refractivity contribution in [2.24, 2.45) is 0 Å². The maximum absolute atomic E-state index is 13.1. The molecule has 1 atom stereocenters. The van der Waals surface area contributed by atoms with Gasteiger partial charge in [-0.15, -0.1) is 4.31 Å². The topological polar surface area (TPSA) is 55.4 Å². The largest absolute Gasteiger partial charge is 0.593 e. The summed E-state index contributed by atoms with van der Waals surface area (Å²) in [6, 6.07) is 17.3. The average Bonchev–Trinajstić information content (AvgIpc) is 2.81. The normalized spacial score (nSPS) is 12.6. The van der Waals surface area contributed by atoms with E-state index in [0.717, 1.165) is 23.3 Å². The molecule has 1 amide bonds. The van der Waals surface area contributed by atoms with Crippen LogP contribution in [0.5, 0.6) is 0 Å². The van der Waals surface area contributed by atoms with E-state index in [4.69, 9.17) is 0 Å². The molecule has 0 saturated heterocycles. The number of nitrogens with zero attached hydrogens (tertiary/aromatic N) is 1. The van der Waals surface area contributed by atoms with E-state index in [2.05, 4.69) is 5.32 Å². The summed E-state index contributed by atoms with van der Waals surface area (Å²) in [6.07, 6.45) is -4.38. The molecule has 1 unspecified atom stereocenters. The highest BCUT2D eigenvalue weighted by molar-refractivity contribution is 7.89. The van der Waals surface area contributed by atoms with Crippen molar-refractivity contribution in [3.8, 4) is 11.1 Å². The standard InChI is InChI=1S/C24H22F4N2O2S/c1-2-30(33(32)22-13-11-21(25)12-14-22)16-23(31)29-15-17-3-5-18(6-4-17)19-7-9-20(10-8-19)24(26,27)28/h3-14H,2,15-16H2,1H3,(H,29,31). The van der Waals surface area contributed by atoms with Crippen LogP contribution >= 0.6 is 0 Å². The van der Waals surface area contributed by atoms with E-state index in [-0.39, 0.29) is 19.0 Å². The Morgan fingerprint density at radius 2 is 1.48 bits per heavy atom. The van der Waals surface area contributed by atoms with Crippen molar-refractivity contribution in [1.29, 1.82) is 0 Å². The Morgan fingerprint density at radius 3 is 2.00 bits per heavy atom. The second kappa shape index (κ2) is 10.8. The van der Waals surface area contributed by atoms with Crippen molar-refractivity contribution in [2.75, 3.05) is 13.1 Å². The number of carbonyl (C=O) groups is 1. The van der Waals surface area contributed by atoms with Gasteiger partial charge in [0, 0.05) is 13.1 Å². The van der Waals surface area contributed by atoms with Gasteiger partial charge in [-0.2, -0.15) is 13.2 Å². The van der Waals surface area contributed by atoms with Gasteiger partial charge in [-0.1, -0.05) is 36.4 Å². The first kappa shape index (κ1) is 24.8. The van der Waals surface area contributed by atoms with Crippen LogP contribution in [0.4, 0.5) is 17.6 Å². The molecule has 0 fully saturated rings. The van der Waals surface area contributed by atoms with E-state index < -0.39 is 28.9 Å². The first-order valence-electron chi connectivity index (χ1n) is 10.1. The Balaban J connectivity index is 1.55. The lowest BCUT2D eigenvalue weighted by molar-refractivity contribution is -0.137. The Bertz CT molecular complexity index is 1060. The fraction of sp³-hybridized carbons (Fsp3) is 0.208. The van der Waals surface area contributed by atoms with Crippen molar-refractivity contribution in [1.82, 2.24) is 9.62 Å². The lowest BCUT2D eigenvalue weighted by Gasteiger charge is -2.22. The van der Waals surface area contributed by atoms with Crippen LogP contribution < -0.4 is 5.32 Å². The summed E-state index contributed by atoms with van der Waals surface area (Å²) in [4.78, 5) is 12.7. The Hall–Kier alpha value is -2.88. The summed E-state index contributed by atoms with van der Waals surface area (Å²) in [7, 11) is 0. The fourth-order valence-corrected chi connectivity index (χ4v) is 4.21. The number of rotatable bonds is 8. The van der Waals surface area contributed by atoms with Crippen LogP contribution in [0.25, 0.3) is 11.1 Å². The van der Waals surface area contributed by atoms with Gasteiger partial charge in [0.05, 0.1) is 16.9 Å². The van der Waals surface area contributed by atoms with Gasteiger partial charge < -0.3 is 9.87 Å². The zero-order valence-corrected chi connectivity index (χ0v) is 18.5. The van der Waals surface area contributed by atoms with Crippen LogP contribution in [0.2, 0.25) is 0 Å². The molecule has 1 N–H and O–H groups in total. The third-order valence-corrected chi connectivity index (χ3v) is 6.44. The van der Waals surface area contributed by atoms with Crippen LogP contribution in [-0.4, -0.2) is 27.9 Å². The number of benzene rings is 3. The van der Waals surface area contributed by atoms with E-state index in [1.807, 2.05) is 0 Å². The summed E-state index contributed by atoms with van der Waals surface area (Å²) in [6.45, 7) is 2.28. The molecule has 0 radical (unpaired) electrons. The molecule has 3 rings (SSSR count). The molecule has 0 aromatic heterocycles. The van der Waals surface area contributed by atoms with E-state index >= 15 is 0 Å². The molecule has 33 heavy (non-hydrogen) atoms. The Kier molecular flexibility index (Phi) is 8.12. The van der Waals surface area contributed by atoms with Crippen LogP contribution in [0, 0.1) is 5.82 Å². The number of amides is 1. The quantitative estimate of drug-likeness (QED) is 0.359. The highest BCUT2D eigenvalue weighted by Gasteiger charge is 2.30. The van der Waals surface area contributed by atoms with Crippen molar-refractivity contribution in [3.05, 3.63) is 89.7 Å². The predicted molar refractivity (Wildman–Crippen MR) is 119 cm³/mol. The summed E-state index contributed by atoms with van der Waals surface area (Å²) in [5.74, 6) is -0.750. The zero-order valence-electron chi connectivity index (χ0n) is 17.7. The van der Waals surface area contributed by atoms with Gasteiger partial charge in [0.25, 0.3) is 0 Å². The molecule has 0 aliphatic rings. The van der Waals surface area contributed by atoms with E-state index in [0.29, 0.717) is 17.0 Å². The Morgan fingerprint density at radius 1 is 0.939 bits per heavy atom. The SMILES string of the molecule is CCN(CC(=O)NCc1ccc(-c2ccc(C(F)(F)F)cc2)cc1)[S+]([O-])c1ccc(F)cc1. The molecule has 0 aliphatic heterocycles. The molecule has 4 nitrogen and oxygen atoms in total. The van der Waals surface area contributed by atoms with E-state index in [1.54, 1.807) is 31.2 Å². The Labute approximate surface area is 192 Å². The first-order chi connectivity index (χ1) is 15.7. The summed E-state index contributed by atoms with van der Waals surface area (Å²) >= 11 is -1.59. The van der Waals surface area contributed by atoms with Gasteiger partial charge in [-0.05, 0) is 60.0 Å². The van der Waals surface area contributed by atoms with Gasteiger partial charge in [0.15, 0.2) is 4.90 Å². The van der Waals surface area contributed by atoms with Crippen molar-refractivity contribution in [3.63, 3.8) is 0 Å². The van der Waals surface area contributed by atoms with Crippen LogP contribution in [0.1, 0.15) is 18.1 Å². The molecule has 174 valence electrons. The molecular formula is C24H22F4N2O2S. The third-order valence-electron chi connectivity index (χ3n) is 4.91. The summed E-state index contributed by atoms with van der Waals surface area (Å²) < 4.78 is 65.3. The highest BCUT2D eigenvalue weighted by Crippen LogP contribution is 2.31. The fourth-order valence-electron chi connectivity index (χ4n) is 3.07. The number of hydrogen-bond donors (Lipinski definition) is 1. The van der Waals surface area contributed by atoms with Crippen LogP contribution in [0.15, 0.2) is 77.7 Å². The van der Waals surface area contributed by atoms with Crippen molar-refractivity contribution in [2.45, 2.75) is 24.5 Å². The molecule has 9 heteroatoms. The average molecular weight is 479 g/mol. The minimum atomic E-state index is -4.38. The number of likely N-dealkylation sites (N-methyl/N-ethyl adjacent to an activating group) is 1. The van der Waals surface area contributed by atoms with E-state index in [1.165, 1.54) is 40.7 Å². The maximum atomic E-state index is 13.1. The number of alkyl halides is 3. The van der Waals surface area contributed by atoms with Crippen molar-refractivity contribution >= 4 is 17.3 Å². The van der Waals surface area contributed by atoms with Gasteiger partial charge in [-0.25, -0.2) is 4.39 Å². The lowest BCUT2D eigenvalue weighted by atomic mass is 10.0. The summed E-state index contributed by atoms with van der Waals surface area (Å²) in [5, 5.41) is 2.76. The molecule has 3 aromatic rings. The molecule has 3 aromatic carbocycles. The first-order valence-corrected chi connectivity index (χ1v) is 11.2. The van der Waals surface area contributed by atoms with Crippen LogP contribution in [0.3, 0.4) is 0 Å². The van der Waals surface area contributed by atoms with E-state index in [9.17, 15) is 26.9 Å². The molecule has 0 spiro atoms. The summed E-state index contributed by atoms with van der Waals surface area (Å²) in [5.41, 5.74) is 1.51. The van der Waals surface area contributed by atoms with Crippen LogP contribution in [-0.2, 0) is 28.9 Å². The van der Waals surface area contributed by atoms with Gasteiger partial charge >= 0.3 is 6.18 Å². The molecule has 0 saturated carbocycles. The monoisotopic (exact) mass is 478 g/mol. The number of hydrogen-bond acceptors (Lipinski definition) is 3. The zero-order chi connectivity index (χ0) is 24.0. The minimum Gasteiger partial charge on any atom is -0.593 e. The molecular weight excluding hydrogens is 456 g/mol. The van der Waals surface area contributed by atoms with Gasteiger partial charge in [0.1, 0.15) is 12.4 Å². The molecule has 0 heterocycles. The predicted octanol–water partition coefficient (Wildman–Crippen LogP) is 5.17. The van der Waals surface area contributed by atoms with Gasteiger partial charge in [0.2, 0.25) is 5.91 Å². The van der Waals surface area contributed by atoms with Crippen molar-refractivity contribution < 1.29 is 26.9 Å². The maximum Gasteiger partial charge on any atom is 0.416 e. The molecule has 0 bridgehead atoms.